The van der Waals surface area contributed by atoms with Crippen molar-refractivity contribution in [1.29, 1.82) is 0 Å². The van der Waals surface area contributed by atoms with E-state index >= 15 is 0 Å². The molecule has 2 N–H and O–H groups in total. The van der Waals surface area contributed by atoms with Gasteiger partial charge in [-0.3, -0.25) is 0 Å². The minimum Gasteiger partial charge on any atom is -0.399 e. The zero-order valence-electron chi connectivity index (χ0n) is 12.5. The van der Waals surface area contributed by atoms with Crippen molar-refractivity contribution >= 4 is 27.9 Å². The number of anilines is 1. The second-order valence-corrected chi connectivity index (χ2v) is 5.40. The number of nitrogen functional groups attached to an aromatic ring is 1. The highest BCUT2D eigenvalue weighted by atomic mass is 15.4. The van der Waals surface area contributed by atoms with Crippen LogP contribution >= 0.6 is 0 Å². The molecule has 0 aliphatic carbocycles. The van der Waals surface area contributed by atoms with Gasteiger partial charge in [0.25, 0.3) is 0 Å². The Morgan fingerprint density at radius 1 is 1.00 bits per heavy atom. The van der Waals surface area contributed by atoms with E-state index in [4.69, 9.17) is 15.7 Å². The fraction of sp³-hybridized carbons (Fsp3) is 0.118. The van der Waals surface area contributed by atoms with E-state index in [9.17, 15) is 0 Å². The number of fused-ring (bicyclic) bond motifs is 2. The summed E-state index contributed by atoms with van der Waals surface area (Å²) >= 11 is 0. The molecule has 2 heterocycles. The molecule has 5 heteroatoms. The molecule has 0 aliphatic rings. The van der Waals surface area contributed by atoms with Gasteiger partial charge in [-0.25, -0.2) is 9.97 Å². The number of hydrogen-bond donors (Lipinski definition) is 1. The highest BCUT2D eigenvalue weighted by molar-refractivity contribution is 5.87. The quantitative estimate of drug-likeness (QED) is 0.432. The van der Waals surface area contributed by atoms with Crippen LogP contribution in [0.3, 0.4) is 0 Å². The molecule has 0 atom stereocenters. The highest BCUT2D eigenvalue weighted by Gasteiger charge is 2.23. The van der Waals surface area contributed by atoms with E-state index < -0.39 is 0 Å². The molecular formula is C17H16N5+. The van der Waals surface area contributed by atoms with Gasteiger partial charge in [-0.15, -0.1) is 9.36 Å². The van der Waals surface area contributed by atoms with Crippen molar-refractivity contribution in [2.24, 2.45) is 7.05 Å². The molecule has 0 saturated carbocycles. The Morgan fingerprint density at radius 3 is 2.55 bits per heavy atom. The summed E-state index contributed by atoms with van der Waals surface area (Å²) in [6.07, 6.45) is 0. The third kappa shape index (κ3) is 1.75. The first-order chi connectivity index (χ1) is 10.6. The maximum Gasteiger partial charge on any atom is 0.232 e. The van der Waals surface area contributed by atoms with Crippen LogP contribution in [-0.2, 0) is 7.05 Å². The van der Waals surface area contributed by atoms with Crippen molar-refractivity contribution < 1.29 is 4.68 Å². The van der Waals surface area contributed by atoms with Gasteiger partial charge in [-0.2, -0.15) is 0 Å². The molecular weight excluding hydrogens is 274 g/mol. The molecule has 0 spiro atoms. The van der Waals surface area contributed by atoms with Crippen LogP contribution in [0, 0.1) is 6.92 Å². The summed E-state index contributed by atoms with van der Waals surface area (Å²) in [5.41, 5.74) is 12.1. The summed E-state index contributed by atoms with van der Waals surface area (Å²) in [7, 11) is 2.02. The number of aryl methyl sites for hydroxylation is 1. The van der Waals surface area contributed by atoms with E-state index in [1.54, 1.807) is 0 Å². The van der Waals surface area contributed by atoms with Gasteiger partial charge in [0.05, 0.1) is 11.0 Å². The zero-order valence-corrected chi connectivity index (χ0v) is 12.5. The normalized spacial score (nSPS) is 11.4. The zero-order chi connectivity index (χ0) is 15.3. The molecule has 2 aromatic heterocycles. The maximum absolute atomic E-state index is 5.87. The van der Waals surface area contributed by atoms with Crippen molar-refractivity contribution in [3.8, 4) is 5.69 Å². The van der Waals surface area contributed by atoms with Crippen LogP contribution in [0.1, 0.15) is 5.69 Å². The molecule has 2 aromatic carbocycles. The average Bonchev–Trinajstić information content (AvgIpc) is 2.77. The number of nitrogens with zero attached hydrogens (tertiary/aromatic N) is 4. The number of aromatic nitrogens is 4. The van der Waals surface area contributed by atoms with Crippen molar-refractivity contribution in [2.75, 3.05) is 5.73 Å². The Labute approximate surface area is 127 Å². The van der Waals surface area contributed by atoms with Crippen LogP contribution in [-0.4, -0.2) is 14.6 Å². The van der Waals surface area contributed by atoms with Gasteiger partial charge < -0.3 is 5.73 Å². The first kappa shape index (κ1) is 12.8. The van der Waals surface area contributed by atoms with E-state index in [0.29, 0.717) is 5.69 Å². The summed E-state index contributed by atoms with van der Waals surface area (Å²) in [6.45, 7) is 2.06. The van der Waals surface area contributed by atoms with E-state index in [1.165, 1.54) is 0 Å². The van der Waals surface area contributed by atoms with Crippen molar-refractivity contribution in [1.82, 2.24) is 14.6 Å². The first-order valence-electron chi connectivity index (χ1n) is 7.15. The van der Waals surface area contributed by atoms with E-state index in [0.717, 1.165) is 33.6 Å². The SMILES string of the molecule is Cc1c2nc3ccc(N)cc3nc2n(-c2ccccc2)[n+]1C. The lowest BCUT2D eigenvalue weighted by molar-refractivity contribution is -0.747. The number of benzene rings is 2. The fourth-order valence-corrected chi connectivity index (χ4v) is 2.76. The van der Waals surface area contributed by atoms with Crippen LogP contribution in [0.15, 0.2) is 48.5 Å². The lowest BCUT2D eigenvalue weighted by Gasteiger charge is -2.02. The lowest BCUT2D eigenvalue weighted by Crippen LogP contribution is -2.40. The van der Waals surface area contributed by atoms with Gasteiger partial charge in [-0.1, -0.05) is 18.2 Å². The predicted molar refractivity (Wildman–Crippen MR) is 86.7 cm³/mol. The van der Waals surface area contributed by atoms with E-state index in [-0.39, 0.29) is 0 Å². The third-order valence-electron chi connectivity index (χ3n) is 4.00. The molecule has 5 nitrogen and oxygen atoms in total. The third-order valence-corrected chi connectivity index (χ3v) is 4.00. The Hall–Kier alpha value is -2.95. The Balaban J connectivity index is 2.14. The van der Waals surface area contributed by atoms with Crippen molar-refractivity contribution in [3.63, 3.8) is 0 Å². The molecule has 0 bridgehead atoms. The fourth-order valence-electron chi connectivity index (χ4n) is 2.76. The minimum absolute atomic E-state index is 0.695. The van der Waals surface area contributed by atoms with Crippen molar-refractivity contribution in [2.45, 2.75) is 6.92 Å². The molecule has 4 aromatic rings. The summed E-state index contributed by atoms with van der Waals surface area (Å²) in [5, 5.41) is 0. The average molecular weight is 290 g/mol. The molecule has 0 amide bonds. The van der Waals surface area contributed by atoms with Crippen LogP contribution < -0.4 is 10.4 Å². The van der Waals surface area contributed by atoms with Crippen LogP contribution in [0.4, 0.5) is 5.69 Å². The minimum atomic E-state index is 0.695. The number of rotatable bonds is 1. The summed E-state index contributed by atoms with van der Waals surface area (Å²) in [4.78, 5) is 9.56. The van der Waals surface area contributed by atoms with E-state index in [1.807, 2.05) is 43.4 Å². The van der Waals surface area contributed by atoms with Gasteiger partial charge in [0.15, 0.2) is 12.6 Å². The largest absolute Gasteiger partial charge is 0.399 e. The molecule has 0 unspecified atom stereocenters. The Kier molecular flexibility index (Phi) is 2.63. The van der Waals surface area contributed by atoms with Crippen LogP contribution in [0.25, 0.3) is 27.9 Å². The Bertz CT molecular complexity index is 1000. The van der Waals surface area contributed by atoms with Gasteiger partial charge in [0.2, 0.25) is 11.3 Å². The molecule has 0 saturated heterocycles. The van der Waals surface area contributed by atoms with Gasteiger partial charge in [0, 0.05) is 12.6 Å². The maximum atomic E-state index is 5.87. The number of hydrogen-bond acceptors (Lipinski definition) is 3. The standard InChI is InChI=1S/C17H15N5/c1-11-16-17(20-15-10-12(18)8-9-14(15)19-16)22(21(11)2)13-6-4-3-5-7-13/h3-10,18H,1-2H3/p+1. The summed E-state index contributed by atoms with van der Waals surface area (Å²) in [5.74, 6) is 0. The topological polar surface area (TPSA) is 60.6 Å². The summed E-state index contributed by atoms with van der Waals surface area (Å²) in [6, 6.07) is 15.8. The lowest BCUT2D eigenvalue weighted by atomic mass is 10.2. The molecule has 108 valence electrons. The number of para-hydroxylation sites is 1. The number of nitrogens with two attached hydrogens (primary N) is 1. The second kappa shape index (κ2) is 4.53. The van der Waals surface area contributed by atoms with Gasteiger partial charge in [-0.05, 0) is 30.3 Å². The van der Waals surface area contributed by atoms with Gasteiger partial charge >= 0.3 is 0 Å². The van der Waals surface area contributed by atoms with E-state index in [2.05, 4.69) is 28.4 Å². The van der Waals surface area contributed by atoms with Crippen molar-refractivity contribution in [3.05, 3.63) is 54.2 Å². The predicted octanol–water partition coefficient (Wildman–Crippen LogP) is 2.29. The second-order valence-electron chi connectivity index (χ2n) is 5.40. The summed E-state index contributed by atoms with van der Waals surface area (Å²) < 4.78 is 4.14. The monoisotopic (exact) mass is 290 g/mol. The smallest absolute Gasteiger partial charge is 0.232 e. The molecule has 0 fully saturated rings. The molecule has 0 radical (unpaired) electrons. The van der Waals surface area contributed by atoms with Gasteiger partial charge in [0.1, 0.15) is 5.69 Å². The first-order valence-corrected chi connectivity index (χ1v) is 7.15. The Morgan fingerprint density at radius 2 is 1.77 bits per heavy atom. The van der Waals surface area contributed by atoms with Crippen LogP contribution in [0.2, 0.25) is 0 Å². The highest BCUT2D eigenvalue weighted by Crippen LogP contribution is 2.21. The molecule has 22 heavy (non-hydrogen) atoms. The van der Waals surface area contributed by atoms with Crippen LogP contribution in [0.5, 0.6) is 0 Å². The molecule has 4 rings (SSSR count). The molecule has 0 aliphatic heterocycles.